The molecule has 0 bridgehead atoms. The predicted molar refractivity (Wildman–Crippen MR) is 81.5 cm³/mol. The van der Waals surface area contributed by atoms with Gasteiger partial charge >= 0.3 is 0 Å². The van der Waals surface area contributed by atoms with Gasteiger partial charge in [0.15, 0.2) is 0 Å². The zero-order chi connectivity index (χ0) is 14.4. The van der Waals surface area contributed by atoms with Gasteiger partial charge in [-0.1, -0.05) is 20.8 Å². The SMILES string of the molecule is CCCn1ncnc1CN1CCCC(CNC(C)C)C1. The number of nitrogens with zero attached hydrogens (tertiary/aromatic N) is 4. The Balaban J connectivity index is 1.84. The van der Waals surface area contributed by atoms with E-state index in [2.05, 4.69) is 45.8 Å². The highest BCUT2D eigenvalue weighted by atomic mass is 15.3. The van der Waals surface area contributed by atoms with E-state index in [0.717, 1.165) is 37.8 Å². The largest absolute Gasteiger partial charge is 0.314 e. The normalized spacial score (nSPS) is 20.7. The van der Waals surface area contributed by atoms with E-state index in [1.54, 1.807) is 6.33 Å². The van der Waals surface area contributed by atoms with Gasteiger partial charge in [-0.3, -0.25) is 4.90 Å². The molecule has 1 unspecified atom stereocenters. The summed E-state index contributed by atoms with van der Waals surface area (Å²) in [5.41, 5.74) is 0. The minimum atomic E-state index is 0.582. The van der Waals surface area contributed by atoms with Crippen LogP contribution in [0.25, 0.3) is 0 Å². The molecule has 2 heterocycles. The lowest BCUT2D eigenvalue weighted by atomic mass is 9.98. The molecule has 1 saturated heterocycles. The Bertz CT molecular complexity index is 387. The monoisotopic (exact) mass is 279 g/mol. The highest BCUT2D eigenvalue weighted by Gasteiger charge is 2.21. The van der Waals surface area contributed by atoms with Gasteiger partial charge in [0, 0.05) is 19.1 Å². The molecular formula is C15H29N5. The number of hydrogen-bond acceptors (Lipinski definition) is 4. The molecule has 1 aliphatic rings. The summed E-state index contributed by atoms with van der Waals surface area (Å²) in [5, 5.41) is 7.88. The summed E-state index contributed by atoms with van der Waals surface area (Å²) < 4.78 is 2.05. The third-order valence-electron chi connectivity index (χ3n) is 3.91. The van der Waals surface area contributed by atoms with E-state index < -0.39 is 0 Å². The van der Waals surface area contributed by atoms with E-state index in [0.29, 0.717) is 6.04 Å². The van der Waals surface area contributed by atoms with E-state index in [1.165, 1.54) is 25.9 Å². The molecule has 0 saturated carbocycles. The van der Waals surface area contributed by atoms with Crippen molar-refractivity contribution in [1.29, 1.82) is 0 Å². The van der Waals surface area contributed by atoms with Crippen LogP contribution < -0.4 is 5.32 Å². The average Bonchev–Trinajstić information content (AvgIpc) is 2.85. The summed E-state index contributed by atoms with van der Waals surface area (Å²) >= 11 is 0. The topological polar surface area (TPSA) is 46.0 Å². The fraction of sp³-hybridized carbons (Fsp3) is 0.867. The first kappa shape index (κ1) is 15.4. The van der Waals surface area contributed by atoms with Gasteiger partial charge in [-0.25, -0.2) is 9.67 Å². The molecule has 1 aliphatic heterocycles. The molecule has 1 aromatic heterocycles. The van der Waals surface area contributed by atoms with Crippen molar-refractivity contribution in [3.05, 3.63) is 12.2 Å². The molecular weight excluding hydrogens is 250 g/mol. The Kier molecular flexibility index (Phi) is 5.98. The van der Waals surface area contributed by atoms with Crippen LogP contribution in [-0.2, 0) is 13.1 Å². The van der Waals surface area contributed by atoms with Crippen LogP contribution in [0.5, 0.6) is 0 Å². The summed E-state index contributed by atoms with van der Waals surface area (Å²) in [6.45, 7) is 12.0. The Labute approximate surface area is 122 Å². The first-order valence-electron chi connectivity index (χ1n) is 8.01. The van der Waals surface area contributed by atoms with Crippen molar-refractivity contribution in [3.63, 3.8) is 0 Å². The van der Waals surface area contributed by atoms with Gasteiger partial charge in [-0.05, 0) is 38.3 Å². The van der Waals surface area contributed by atoms with Gasteiger partial charge in [0.25, 0.3) is 0 Å². The van der Waals surface area contributed by atoms with Crippen molar-refractivity contribution >= 4 is 0 Å². The lowest BCUT2D eigenvalue weighted by Gasteiger charge is -2.33. The number of aromatic nitrogens is 3. The maximum Gasteiger partial charge on any atom is 0.141 e. The van der Waals surface area contributed by atoms with Crippen LogP contribution in [0.1, 0.15) is 45.9 Å². The molecule has 5 nitrogen and oxygen atoms in total. The van der Waals surface area contributed by atoms with Gasteiger partial charge in [-0.2, -0.15) is 5.10 Å². The van der Waals surface area contributed by atoms with Crippen LogP contribution in [-0.4, -0.2) is 45.3 Å². The molecule has 0 radical (unpaired) electrons. The maximum absolute atomic E-state index is 4.42. The van der Waals surface area contributed by atoms with Gasteiger partial charge in [0.05, 0.1) is 6.54 Å². The molecule has 1 fully saturated rings. The molecule has 1 atom stereocenters. The maximum atomic E-state index is 4.42. The van der Waals surface area contributed by atoms with E-state index in [9.17, 15) is 0 Å². The quantitative estimate of drug-likeness (QED) is 0.828. The summed E-state index contributed by atoms with van der Waals surface area (Å²) in [5.74, 6) is 1.89. The number of aryl methyl sites for hydroxylation is 1. The molecule has 0 aromatic carbocycles. The van der Waals surface area contributed by atoms with Gasteiger partial charge < -0.3 is 5.32 Å². The fourth-order valence-electron chi connectivity index (χ4n) is 2.87. The van der Waals surface area contributed by atoms with E-state index in [4.69, 9.17) is 0 Å². The van der Waals surface area contributed by atoms with E-state index in [1.807, 2.05) is 0 Å². The average molecular weight is 279 g/mol. The molecule has 20 heavy (non-hydrogen) atoms. The lowest BCUT2D eigenvalue weighted by molar-refractivity contribution is 0.158. The number of rotatable bonds is 7. The van der Waals surface area contributed by atoms with E-state index >= 15 is 0 Å². The minimum Gasteiger partial charge on any atom is -0.314 e. The van der Waals surface area contributed by atoms with Crippen molar-refractivity contribution in [2.45, 2.75) is 59.2 Å². The number of nitrogens with one attached hydrogen (secondary N) is 1. The summed E-state index contributed by atoms with van der Waals surface area (Å²) in [6.07, 6.45) is 5.44. The molecule has 2 rings (SSSR count). The molecule has 5 heteroatoms. The molecule has 1 N–H and O–H groups in total. The Hall–Kier alpha value is -0.940. The summed E-state index contributed by atoms with van der Waals surface area (Å²) in [6, 6.07) is 0.582. The first-order valence-corrected chi connectivity index (χ1v) is 8.01. The smallest absolute Gasteiger partial charge is 0.141 e. The zero-order valence-electron chi connectivity index (χ0n) is 13.2. The van der Waals surface area contributed by atoms with Crippen LogP contribution in [0.2, 0.25) is 0 Å². The highest BCUT2D eigenvalue weighted by molar-refractivity contribution is 4.87. The van der Waals surface area contributed by atoms with Crippen molar-refractivity contribution in [1.82, 2.24) is 25.0 Å². The van der Waals surface area contributed by atoms with E-state index in [-0.39, 0.29) is 0 Å². The van der Waals surface area contributed by atoms with Crippen LogP contribution in [0.15, 0.2) is 6.33 Å². The molecule has 0 amide bonds. The van der Waals surface area contributed by atoms with Crippen LogP contribution in [0.4, 0.5) is 0 Å². The summed E-state index contributed by atoms with van der Waals surface area (Å²) in [7, 11) is 0. The van der Waals surface area contributed by atoms with Gasteiger partial charge in [0.1, 0.15) is 12.2 Å². The predicted octanol–water partition coefficient (Wildman–Crippen LogP) is 1.90. The second-order valence-electron chi connectivity index (χ2n) is 6.21. The number of likely N-dealkylation sites (tertiary alicyclic amines) is 1. The third kappa shape index (κ3) is 4.56. The Morgan fingerprint density at radius 3 is 3.05 bits per heavy atom. The molecule has 114 valence electrons. The summed E-state index contributed by atoms with van der Waals surface area (Å²) in [4.78, 5) is 6.96. The third-order valence-corrected chi connectivity index (χ3v) is 3.91. The molecule has 0 spiro atoms. The second kappa shape index (κ2) is 7.74. The zero-order valence-corrected chi connectivity index (χ0v) is 13.2. The Morgan fingerprint density at radius 1 is 1.45 bits per heavy atom. The highest BCUT2D eigenvalue weighted by Crippen LogP contribution is 2.17. The Morgan fingerprint density at radius 2 is 2.30 bits per heavy atom. The number of piperidine rings is 1. The van der Waals surface area contributed by atoms with Gasteiger partial charge in [0.2, 0.25) is 0 Å². The van der Waals surface area contributed by atoms with Crippen molar-refractivity contribution < 1.29 is 0 Å². The molecule has 1 aromatic rings. The van der Waals surface area contributed by atoms with Gasteiger partial charge in [-0.15, -0.1) is 0 Å². The minimum absolute atomic E-state index is 0.582. The van der Waals surface area contributed by atoms with Crippen LogP contribution in [0.3, 0.4) is 0 Å². The first-order chi connectivity index (χ1) is 9.69. The second-order valence-corrected chi connectivity index (χ2v) is 6.21. The fourth-order valence-corrected chi connectivity index (χ4v) is 2.87. The standard InChI is InChI=1S/C15H29N5/c1-4-7-20-15(17-12-18-20)11-19-8-5-6-14(10-19)9-16-13(2)3/h12-14,16H,4-11H2,1-3H3. The lowest BCUT2D eigenvalue weighted by Crippen LogP contribution is -2.41. The van der Waals surface area contributed by atoms with Crippen molar-refractivity contribution in [2.75, 3.05) is 19.6 Å². The van der Waals surface area contributed by atoms with Crippen LogP contribution in [0, 0.1) is 5.92 Å². The molecule has 0 aliphatic carbocycles. The van der Waals surface area contributed by atoms with Crippen molar-refractivity contribution in [2.24, 2.45) is 5.92 Å². The van der Waals surface area contributed by atoms with Crippen molar-refractivity contribution in [3.8, 4) is 0 Å². The number of hydrogen-bond donors (Lipinski definition) is 1. The van der Waals surface area contributed by atoms with Crippen LogP contribution >= 0.6 is 0 Å².